The van der Waals surface area contributed by atoms with Crippen LogP contribution in [0.3, 0.4) is 0 Å². The average molecular weight is 263 g/mol. The van der Waals surface area contributed by atoms with Gasteiger partial charge in [0, 0.05) is 18.8 Å². The second-order valence-corrected chi connectivity index (χ2v) is 3.95. The van der Waals surface area contributed by atoms with Gasteiger partial charge in [0.2, 0.25) is 5.95 Å². The smallest absolute Gasteiger partial charge is 0.321 e. The fourth-order valence-corrected chi connectivity index (χ4v) is 1.69. The van der Waals surface area contributed by atoms with Gasteiger partial charge in [-0.05, 0) is 25.1 Å². The number of nitrogens with zero attached hydrogens (tertiary/aromatic N) is 1. The van der Waals surface area contributed by atoms with Gasteiger partial charge >= 0.3 is 6.03 Å². The molecule has 0 saturated heterocycles. The predicted octanol–water partition coefficient (Wildman–Crippen LogP) is 1.11. The van der Waals surface area contributed by atoms with Crippen molar-refractivity contribution in [2.45, 2.75) is 6.92 Å². The Morgan fingerprint density at radius 1 is 1.47 bits per heavy atom. The van der Waals surface area contributed by atoms with Crippen LogP contribution in [-0.4, -0.2) is 40.8 Å². The first kappa shape index (κ1) is 13.2. The maximum Gasteiger partial charge on any atom is 0.321 e. The van der Waals surface area contributed by atoms with E-state index in [9.17, 15) is 4.79 Å². The molecule has 0 aliphatic heterocycles. The molecule has 0 unspecified atom stereocenters. The van der Waals surface area contributed by atoms with Gasteiger partial charge in [0.05, 0.1) is 17.6 Å². The monoisotopic (exact) mass is 263 g/mol. The molecule has 0 aliphatic carbocycles. The van der Waals surface area contributed by atoms with Crippen LogP contribution in [0.25, 0.3) is 11.0 Å². The number of benzene rings is 1. The summed E-state index contributed by atoms with van der Waals surface area (Å²) in [4.78, 5) is 18.6. The largest absolute Gasteiger partial charge is 0.395 e. The molecule has 102 valence electrons. The number of urea groups is 1. The highest BCUT2D eigenvalue weighted by Gasteiger charge is 2.06. The topological polar surface area (TPSA) is 102 Å². The summed E-state index contributed by atoms with van der Waals surface area (Å²) in [5.74, 6) is 0.403. The van der Waals surface area contributed by atoms with Crippen molar-refractivity contribution < 1.29 is 9.90 Å². The molecule has 1 aromatic carbocycles. The Bertz CT molecular complexity index is 566. The Hall–Kier alpha value is -2.28. The quantitative estimate of drug-likeness (QED) is 0.557. The minimum atomic E-state index is -0.291. The zero-order valence-corrected chi connectivity index (χ0v) is 10.7. The minimum Gasteiger partial charge on any atom is -0.395 e. The van der Waals surface area contributed by atoms with E-state index in [1.54, 1.807) is 0 Å². The summed E-state index contributed by atoms with van der Waals surface area (Å²) in [6.07, 6.45) is 0. The Morgan fingerprint density at radius 3 is 3.05 bits per heavy atom. The molecule has 0 aliphatic rings. The Labute approximate surface area is 110 Å². The molecule has 0 spiro atoms. The van der Waals surface area contributed by atoms with Crippen LogP contribution in [0.15, 0.2) is 18.2 Å². The molecule has 1 heterocycles. The van der Waals surface area contributed by atoms with Gasteiger partial charge in [-0.25, -0.2) is 9.78 Å². The van der Waals surface area contributed by atoms with Crippen LogP contribution in [0, 0.1) is 0 Å². The second kappa shape index (κ2) is 6.05. The Balaban J connectivity index is 2.13. The lowest BCUT2D eigenvalue weighted by molar-refractivity contribution is 0.252. The van der Waals surface area contributed by atoms with Gasteiger partial charge in [0.25, 0.3) is 0 Å². The lowest BCUT2D eigenvalue weighted by Gasteiger charge is -2.02. The van der Waals surface area contributed by atoms with E-state index < -0.39 is 0 Å². The number of aromatic nitrogens is 2. The van der Waals surface area contributed by atoms with Gasteiger partial charge in [-0.1, -0.05) is 0 Å². The van der Waals surface area contributed by atoms with Crippen LogP contribution in [0.4, 0.5) is 16.4 Å². The van der Waals surface area contributed by atoms with E-state index in [-0.39, 0.29) is 12.6 Å². The van der Waals surface area contributed by atoms with Gasteiger partial charge in [-0.3, -0.25) is 5.32 Å². The number of hydrogen-bond donors (Lipinski definition) is 5. The summed E-state index contributed by atoms with van der Waals surface area (Å²) in [6.45, 7) is 2.97. The van der Waals surface area contributed by atoms with Crippen LogP contribution in [0.2, 0.25) is 0 Å². The first-order valence-electron chi connectivity index (χ1n) is 6.12. The zero-order valence-electron chi connectivity index (χ0n) is 10.7. The van der Waals surface area contributed by atoms with Crippen molar-refractivity contribution in [3.05, 3.63) is 18.2 Å². The van der Waals surface area contributed by atoms with E-state index in [2.05, 4.69) is 25.9 Å². The third-order valence-corrected chi connectivity index (χ3v) is 2.49. The molecule has 0 radical (unpaired) electrons. The fourth-order valence-electron chi connectivity index (χ4n) is 1.69. The number of rotatable bonds is 5. The highest BCUT2D eigenvalue weighted by atomic mass is 16.3. The third-order valence-electron chi connectivity index (χ3n) is 2.49. The molecule has 0 atom stereocenters. The number of aliphatic hydroxyl groups excluding tert-OH is 1. The molecule has 5 N–H and O–H groups in total. The standard InChI is InChI=1S/C12H17N5O2/c1-2-13-12(19)17-11-15-9-4-3-8(14-5-6-18)7-10(9)16-11/h3-4,7,14,18H,2,5-6H2,1H3,(H3,13,15,16,17,19). The number of H-pyrrole nitrogens is 1. The van der Waals surface area contributed by atoms with Crippen molar-refractivity contribution in [3.8, 4) is 0 Å². The SMILES string of the molecule is CCNC(=O)Nc1nc2ccc(NCCO)cc2[nH]1. The molecule has 2 rings (SSSR count). The van der Waals surface area contributed by atoms with E-state index in [0.29, 0.717) is 19.0 Å². The van der Waals surface area contributed by atoms with E-state index in [1.807, 2.05) is 25.1 Å². The normalized spacial score (nSPS) is 10.4. The van der Waals surface area contributed by atoms with Crippen molar-refractivity contribution in [1.82, 2.24) is 15.3 Å². The maximum atomic E-state index is 11.4. The average Bonchev–Trinajstić information content (AvgIpc) is 2.77. The van der Waals surface area contributed by atoms with Crippen molar-refractivity contribution >= 4 is 28.7 Å². The molecule has 2 aromatic rings. The van der Waals surface area contributed by atoms with Crippen LogP contribution in [0.1, 0.15) is 6.92 Å². The van der Waals surface area contributed by atoms with Crippen LogP contribution < -0.4 is 16.0 Å². The number of aliphatic hydroxyl groups is 1. The summed E-state index contributed by atoms with van der Waals surface area (Å²) < 4.78 is 0. The summed E-state index contributed by atoms with van der Waals surface area (Å²) in [5, 5.41) is 17.1. The van der Waals surface area contributed by atoms with Crippen molar-refractivity contribution in [2.75, 3.05) is 30.3 Å². The maximum absolute atomic E-state index is 11.4. The van der Waals surface area contributed by atoms with Gasteiger partial charge < -0.3 is 20.7 Å². The Kier molecular flexibility index (Phi) is 4.19. The molecule has 7 heteroatoms. The number of fused-ring (bicyclic) bond motifs is 1. The first-order valence-corrected chi connectivity index (χ1v) is 6.12. The number of carbonyl (C=O) groups excluding carboxylic acids is 1. The fraction of sp³-hybridized carbons (Fsp3) is 0.333. The van der Waals surface area contributed by atoms with E-state index in [1.165, 1.54) is 0 Å². The lowest BCUT2D eigenvalue weighted by Crippen LogP contribution is -2.28. The van der Waals surface area contributed by atoms with Gasteiger partial charge in [-0.2, -0.15) is 0 Å². The predicted molar refractivity (Wildman–Crippen MR) is 74.4 cm³/mol. The van der Waals surface area contributed by atoms with Gasteiger partial charge in [-0.15, -0.1) is 0 Å². The molecular weight excluding hydrogens is 246 g/mol. The summed E-state index contributed by atoms with van der Waals surface area (Å²) in [6, 6.07) is 5.30. The number of nitrogens with one attached hydrogen (secondary N) is 4. The number of carbonyl (C=O) groups is 1. The first-order chi connectivity index (χ1) is 9.22. The van der Waals surface area contributed by atoms with Crippen LogP contribution >= 0.6 is 0 Å². The molecule has 0 bridgehead atoms. The van der Waals surface area contributed by atoms with Crippen molar-refractivity contribution in [2.24, 2.45) is 0 Å². The minimum absolute atomic E-state index is 0.0744. The summed E-state index contributed by atoms with van der Waals surface area (Å²) in [7, 11) is 0. The van der Waals surface area contributed by atoms with E-state index >= 15 is 0 Å². The zero-order chi connectivity index (χ0) is 13.7. The molecule has 7 nitrogen and oxygen atoms in total. The highest BCUT2D eigenvalue weighted by Crippen LogP contribution is 2.18. The molecular formula is C12H17N5O2. The van der Waals surface area contributed by atoms with Crippen molar-refractivity contribution in [3.63, 3.8) is 0 Å². The molecule has 19 heavy (non-hydrogen) atoms. The van der Waals surface area contributed by atoms with E-state index in [0.717, 1.165) is 16.7 Å². The Morgan fingerprint density at radius 2 is 2.32 bits per heavy atom. The molecule has 0 saturated carbocycles. The molecule has 0 fully saturated rings. The lowest BCUT2D eigenvalue weighted by atomic mass is 10.3. The van der Waals surface area contributed by atoms with E-state index in [4.69, 9.17) is 5.11 Å². The van der Waals surface area contributed by atoms with Crippen molar-refractivity contribution in [1.29, 1.82) is 0 Å². The van der Waals surface area contributed by atoms with Gasteiger partial charge in [0.15, 0.2) is 0 Å². The number of anilines is 2. The third kappa shape index (κ3) is 3.35. The second-order valence-electron chi connectivity index (χ2n) is 3.95. The number of imidazole rings is 1. The summed E-state index contributed by atoms with van der Waals surface area (Å²) >= 11 is 0. The van der Waals surface area contributed by atoms with Crippen LogP contribution in [0.5, 0.6) is 0 Å². The highest BCUT2D eigenvalue weighted by molar-refractivity contribution is 5.90. The number of hydrogen-bond acceptors (Lipinski definition) is 4. The van der Waals surface area contributed by atoms with Gasteiger partial charge in [0.1, 0.15) is 0 Å². The number of aromatic amines is 1. The molecule has 1 aromatic heterocycles. The molecule has 2 amide bonds. The summed E-state index contributed by atoms with van der Waals surface area (Å²) in [5.41, 5.74) is 2.46. The number of amides is 2. The van der Waals surface area contributed by atoms with Crippen LogP contribution in [-0.2, 0) is 0 Å².